The van der Waals surface area contributed by atoms with Gasteiger partial charge < -0.3 is 15.0 Å². The van der Waals surface area contributed by atoms with E-state index in [9.17, 15) is 9.59 Å². The van der Waals surface area contributed by atoms with Crippen LogP contribution >= 0.6 is 11.6 Å². The van der Waals surface area contributed by atoms with Crippen molar-refractivity contribution < 1.29 is 14.3 Å². The molecule has 0 saturated carbocycles. The third-order valence-corrected chi connectivity index (χ3v) is 5.17. The molecule has 2 unspecified atom stereocenters. The number of carbonyl (C=O) groups is 2. The molecule has 1 heterocycles. The largest absolute Gasteiger partial charge is 0.374 e. The normalized spacial score (nSPS) is 17.6. The summed E-state index contributed by atoms with van der Waals surface area (Å²) in [4.78, 5) is 26.6. The van der Waals surface area contributed by atoms with Crippen molar-refractivity contribution in [2.75, 3.05) is 24.6 Å². The zero-order chi connectivity index (χ0) is 19.9. The minimum Gasteiger partial charge on any atom is -0.374 e. The summed E-state index contributed by atoms with van der Waals surface area (Å²) in [6.45, 7) is 3.59. The minimum absolute atomic E-state index is 0.0150. The molecule has 2 aromatic carbocycles. The van der Waals surface area contributed by atoms with Gasteiger partial charge in [0.2, 0.25) is 11.8 Å². The molecule has 28 heavy (non-hydrogen) atoms. The highest BCUT2D eigenvalue weighted by molar-refractivity contribution is 6.30. The Kier molecular flexibility index (Phi) is 7.06. The Morgan fingerprint density at radius 1 is 1.21 bits per heavy atom. The third-order valence-electron chi connectivity index (χ3n) is 4.92. The first kappa shape index (κ1) is 20.4. The quantitative estimate of drug-likeness (QED) is 0.538. The second-order valence-corrected chi connectivity index (χ2v) is 7.31. The summed E-state index contributed by atoms with van der Waals surface area (Å²) in [6.07, 6.45) is 1.24. The molecule has 0 spiro atoms. The van der Waals surface area contributed by atoms with Crippen LogP contribution in [0, 0.1) is 5.92 Å². The highest BCUT2D eigenvalue weighted by Gasteiger charge is 2.37. The van der Waals surface area contributed by atoms with E-state index in [-0.39, 0.29) is 17.9 Å². The molecule has 2 aromatic rings. The van der Waals surface area contributed by atoms with Gasteiger partial charge in [0.15, 0.2) is 0 Å². The molecule has 1 saturated heterocycles. The summed E-state index contributed by atoms with van der Waals surface area (Å²) in [5.41, 5.74) is 1.90. The maximum Gasteiger partial charge on any atom is 0.239 e. The van der Waals surface area contributed by atoms with Crippen molar-refractivity contribution >= 4 is 29.1 Å². The standard InChI is InChI=1S/C22H25ClN2O3/c1-16(17-6-3-2-4-7-17)28-15-5-13-24-21(26)20-12-14-25(22(20)27)19-10-8-18(23)9-11-19/h2-4,6-11,16,20H,5,12-15H2,1H3,(H,24,26). The second-order valence-electron chi connectivity index (χ2n) is 6.88. The average Bonchev–Trinajstić information content (AvgIpc) is 3.10. The number of nitrogens with zero attached hydrogens (tertiary/aromatic N) is 1. The van der Waals surface area contributed by atoms with Gasteiger partial charge in [-0.1, -0.05) is 41.9 Å². The van der Waals surface area contributed by atoms with Crippen molar-refractivity contribution in [2.24, 2.45) is 5.92 Å². The summed E-state index contributed by atoms with van der Waals surface area (Å²) in [5, 5.41) is 3.48. The maximum atomic E-state index is 12.6. The third kappa shape index (κ3) is 5.12. The molecule has 1 aliphatic heterocycles. The average molecular weight is 401 g/mol. The Hall–Kier alpha value is -2.37. The molecule has 0 aliphatic carbocycles. The smallest absolute Gasteiger partial charge is 0.239 e. The number of anilines is 1. The lowest BCUT2D eigenvalue weighted by Crippen LogP contribution is -2.37. The van der Waals surface area contributed by atoms with Crippen LogP contribution in [0.15, 0.2) is 54.6 Å². The van der Waals surface area contributed by atoms with Gasteiger partial charge in [0.25, 0.3) is 0 Å². The molecule has 1 aliphatic rings. The molecular weight excluding hydrogens is 376 g/mol. The SMILES string of the molecule is CC(OCCCNC(=O)C1CCN(c2ccc(Cl)cc2)C1=O)c1ccccc1. The van der Waals surface area contributed by atoms with Crippen LogP contribution in [-0.2, 0) is 14.3 Å². The van der Waals surface area contributed by atoms with Gasteiger partial charge in [0.1, 0.15) is 5.92 Å². The van der Waals surface area contributed by atoms with Crippen LogP contribution in [0.1, 0.15) is 31.4 Å². The van der Waals surface area contributed by atoms with E-state index in [4.69, 9.17) is 16.3 Å². The Morgan fingerprint density at radius 3 is 2.64 bits per heavy atom. The zero-order valence-electron chi connectivity index (χ0n) is 15.9. The Balaban J connectivity index is 1.39. The Bertz CT molecular complexity index is 795. The van der Waals surface area contributed by atoms with E-state index in [0.29, 0.717) is 37.6 Å². The molecule has 1 fully saturated rings. The number of halogens is 1. The van der Waals surface area contributed by atoms with Crippen molar-refractivity contribution in [3.8, 4) is 0 Å². The van der Waals surface area contributed by atoms with Crippen LogP contribution in [0.2, 0.25) is 5.02 Å². The van der Waals surface area contributed by atoms with Gasteiger partial charge in [-0.3, -0.25) is 9.59 Å². The molecule has 6 heteroatoms. The van der Waals surface area contributed by atoms with Gasteiger partial charge in [0, 0.05) is 30.4 Å². The van der Waals surface area contributed by atoms with E-state index < -0.39 is 5.92 Å². The van der Waals surface area contributed by atoms with Crippen molar-refractivity contribution in [1.82, 2.24) is 5.32 Å². The van der Waals surface area contributed by atoms with E-state index >= 15 is 0 Å². The zero-order valence-corrected chi connectivity index (χ0v) is 16.7. The molecule has 2 atom stereocenters. The van der Waals surface area contributed by atoms with Crippen LogP contribution in [-0.4, -0.2) is 31.5 Å². The van der Waals surface area contributed by atoms with Crippen LogP contribution < -0.4 is 10.2 Å². The highest BCUT2D eigenvalue weighted by Crippen LogP contribution is 2.26. The van der Waals surface area contributed by atoms with Crippen LogP contribution in [0.25, 0.3) is 0 Å². The molecule has 148 valence electrons. The highest BCUT2D eigenvalue weighted by atomic mass is 35.5. The Labute approximate surface area is 170 Å². The summed E-state index contributed by atoms with van der Waals surface area (Å²) < 4.78 is 5.80. The van der Waals surface area contributed by atoms with Gasteiger partial charge in [-0.15, -0.1) is 0 Å². The van der Waals surface area contributed by atoms with Crippen LogP contribution in [0.5, 0.6) is 0 Å². The van der Waals surface area contributed by atoms with Crippen molar-refractivity contribution in [3.63, 3.8) is 0 Å². The van der Waals surface area contributed by atoms with Gasteiger partial charge in [0.05, 0.1) is 6.10 Å². The fourth-order valence-corrected chi connectivity index (χ4v) is 3.41. The van der Waals surface area contributed by atoms with Gasteiger partial charge in [-0.25, -0.2) is 0 Å². The van der Waals surface area contributed by atoms with Gasteiger partial charge in [-0.2, -0.15) is 0 Å². The van der Waals surface area contributed by atoms with Crippen molar-refractivity contribution in [2.45, 2.75) is 25.9 Å². The fraction of sp³-hybridized carbons (Fsp3) is 0.364. The number of rotatable bonds is 8. The molecule has 0 radical (unpaired) electrons. The van der Waals surface area contributed by atoms with Crippen LogP contribution in [0.4, 0.5) is 5.69 Å². The summed E-state index contributed by atoms with van der Waals surface area (Å²) in [7, 11) is 0. The van der Waals surface area contributed by atoms with E-state index in [0.717, 1.165) is 11.3 Å². The Morgan fingerprint density at radius 2 is 1.93 bits per heavy atom. The number of ether oxygens (including phenoxy) is 1. The first-order chi connectivity index (χ1) is 13.6. The molecule has 5 nitrogen and oxygen atoms in total. The predicted molar refractivity (Wildman–Crippen MR) is 110 cm³/mol. The monoisotopic (exact) mass is 400 g/mol. The summed E-state index contributed by atoms with van der Waals surface area (Å²) >= 11 is 5.89. The number of hydrogen-bond donors (Lipinski definition) is 1. The van der Waals surface area contributed by atoms with Crippen LogP contribution in [0.3, 0.4) is 0 Å². The second kappa shape index (κ2) is 9.71. The lowest BCUT2D eigenvalue weighted by atomic mass is 10.1. The predicted octanol–water partition coefficient (Wildman–Crippen LogP) is 3.98. The molecular formula is C22H25ClN2O3. The van der Waals surface area contributed by atoms with E-state index in [1.165, 1.54) is 0 Å². The molecule has 0 bridgehead atoms. The van der Waals surface area contributed by atoms with Crippen molar-refractivity contribution in [1.29, 1.82) is 0 Å². The number of hydrogen-bond acceptors (Lipinski definition) is 3. The number of nitrogens with one attached hydrogen (secondary N) is 1. The summed E-state index contributed by atoms with van der Waals surface area (Å²) in [6, 6.07) is 17.1. The topological polar surface area (TPSA) is 58.6 Å². The number of benzene rings is 2. The first-order valence-corrected chi connectivity index (χ1v) is 9.95. The fourth-order valence-electron chi connectivity index (χ4n) is 3.29. The van der Waals surface area contributed by atoms with Gasteiger partial charge >= 0.3 is 0 Å². The maximum absolute atomic E-state index is 12.6. The van der Waals surface area contributed by atoms with E-state index in [1.54, 1.807) is 29.2 Å². The molecule has 3 rings (SSSR count). The first-order valence-electron chi connectivity index (χ1n) is 9.57. The molecule has 1 N–H and O–H groups in total. The molecule has 0 aromatic heterocycles. The lowest BCUT2D eigenvalue weighted by Gasteiger charge is -2.17. The summed E-state index contributed by atoms with van der Waals surface area (Å²) in [5.74, 6) is -0.994. The van der Waals surface area contributed by atoms with Crippen molar-refractivity contribution in [3.05, 3.63) is 65.2 Å². The van der Waals surface area contributed by atoms with E-state index in [2.05, 4.69) is 5.32 Å². The minimum atomic E-state index is -0.625. The lowest BCUT2D eigenvalue weighted by molar-refractivity contribution is -0.132. The van der Waals surface area contributed by atoms with Gasteiger partial charge in [-0.05, 0) is 49.6 Å². The van der Waals surface area contributed by atoms with E-state index in [1.807, 2.05) is 37.3 Å². The molecule has 2 amide bonds. The number of amides is 2. The number of carbonyl (C=O) groups excluding carboxylic acids is 2.